The number of aromatic nitrogens is 1. The van der Waals surface area contributed by atoms with Gasteiger partial charge in [-0.25, -0.2) is 0 Å². The number of para-hydroxylation sites is 1. The number of ether oxygens (including phenoxy) is 1. The number of pyridine rings is 1. The Balaban J connectivity index is 1.94. The maximum absolute atomic E-state index is 8.97. The SMILES string of the molecule is N#C/C=C(\c1ccccn1)C1Cc2ccccc2O1. The molecule has 0 saturated heterocycles. The summed E-state index contributed by atoms with van der Waals surface area (Å²) >= 11 is 0. The first-order valence-corrected chi connectivity index (χ1v) is 6.14. The highest BCUT2D eigenvalue weighted by Gasteiger charge is 2.27. The van der Waals surface area contributed by atoms with E-state index >= 15 is 0 Å². The molecule has 0 amide bonds. The molecule has 92 valence electrons. The van der Waals surface area contributed by atoms with Crippen molar-refractivity contribution in [3.63, 3.8) is 0 Å². The average molecular weight is 248 g/mol. The number of nitriles is 1. The molecule has 3 heteroatoms. The molecule has 1 atom stereocenters. The van der Waals surface area contributed by atoms with Crippen LogP contribution in [-0.4, -0.2) is 11.1 Å². The highest BCUT2D eigenvalue weighted by Crippen LogP contribution is 2.33. The monoisotopic (exact) mass is 248 g/mol. The minimum atomic E-state index is -0.132. The van der Waals surface area contributed by atoms with Gasteiger partial charge in [0.2, 0.25) is 0 Å². The molecule has 0 radical (unpaired) electrons. The minimum Gasteiger partial charge on any atom is -0.485 e. The van der Waals surface area contributed by atoms with E-state index in [1.165, 1.54) is 11.6 Å². The van der Waals surface area contributed by atoms with Crippen LogP contribution in [0.5, 0.6) is 5.75 Å². The third-order valence-corrected chi connectivity index (χ3v) is 3.17. The molecule has 3 rings (SSSR count). The van der Waals surface area contributed by atoms with Gasteiger partial charge in [0.25, 0.3) is 0 Å². The molecular formula is C16H12N2O. The maximum Gasteiger partial charge on any atom is 0.131 e. The van der Waals surface area contributed by atoms with Crippen LogP contribution in [0.2, 0.25) is 0 Å². The van der Waals surface area contributed by atoms with Gasteiger partial charge in [0.15, 0.2) is 0 Å². The average Bonchev–Trinajstić information content (AvgIpc) is 2.89. The molecule has 0 fully saturated rings. The highest BCUT2D eigenvalue weighted by molar-refractivity contribution is 5.70. The van der Waals surface area contributed by atoms with Crippen LogP contribution in [0.3, 0.4) is 0 Å². The summed E-state index contributed by atoms with van der Waals surface area (Å²) in [5.41, 5.74) is 2.80. The van der Waals surface area contributed by atoms with Gasteiger partial charge in [-0.1, -0.05) is 24.3 Å². The molecule has 0 N–H and O–H groups in total. The van der Waals surface area contributed by atoms with Crippen molar-refractivity contribution in [1.82, 2.24) is 4.98 Å². The van der Waals surface area contributed by atoms with Gasteiger partial charge < -0.3 is 4.74 Å². The molecule has 1 aromatic heterocycles. The predicted octanol–water partition coefficient (Wildman–Crippen LogP) is 2.99. The Labute approximate surface area is 111 Å². The van der Waals surface area contributed by atoms with E-state index in [0.717, 1.165) is 23.4 Å². The zero-order valence-corrected chi connectivity index (χ0v) is 10.3. The van der Waals surface area contributed by atoms with E-state index in [9.17, 15) is 0 Å². The molecule has 19 heavy (non-hydrogen) atoms. The summed E-state index contributed by atoms with van der Waals surface area (Å²) in [5, 5.41) is 8.97. The Morgan fingerprint density at radius 3 is 2.84 bits per heavy atom. The molecular weight excluding hydrogens is 236 g/mol. The van der Waals surface area contributed by atoms with Crippen LogP contribution in [0.25, 0.3) is 5.57 Å². The second kappa shape index (κ2) is 4.95. The van der Waals surface area contributed by atoms with E-state index in [0.29, 0.717) is 0 Å². The third kappa shape index (κ3) is 2.21. The number of nitrogens with zero attached hydrogens (tertiary/aromatic N) is 2. The standard InChI is InChI=1S/C16H12N2O/c17-9-8-13(14-6-3-4-10-18-14)16-11-12-5-1-2-7-15(12)19-16/h1-8,10,16H,11H2/b13-8+. The van der Waals surface area contributed by atoms with Gasteiger partial charge in [-0.15, -0.1) is 0 Å². The van der Waals surface area contributed by atoms with Gasteiger partial charge in [0.05, 0.1) is 11.8 Å². The van der Waals surface area contributed by atoms with E-state index in [-0.39, 0.29) is 6.10 Å². The van der Waals surface area contributed by atoms with Crippen LogP contribution in [0.1, 0.15) is 11.3 Å². The smallest absolute Gasteiger partial charge is 0.131 e. The fraction of sp³-hybridized carbons (Fsp3) is 0.125. The molecule has 3 nitrogen and oxygen atoms in total. The van der Waals surface area contributed by atoms with Crippen molar-refractivity contribution in [2.75, 3.05) is 0 Å². The molecule has 0 bridgehead atoms. The quantitative estimate of drug-likeness (QED) is 0.767. The van der Waals surface area contributed by atoms with E-state index < -0.39 is 0 Å². The summed E-state index contributed by atoms with van der Waals surface area (Å²) in [6.45, 7) is 0. The zero-order chi connectivity index (χ0) is 13.1. The summed E-state index contributed by atoms with van der Waals surface area (Å²) in [4.78, 5) is 4.31. The largest absolute Gasteiger partial charge is 0.485 e. The lowest BCUT2D eigenvalue weighted by Crippen LogP contribution is -2.16. The van der Waals surface area contributed by atoms with Gasteiger partial charge in [0.1, 0.15) is 11.9 Å². The summed E-state index contributed by atoms with van der Waals surface area (Å²) < 4.78 is 5.92. The first-order chi connectivity index (χ1) is 9.38. The van der Waals surface area contributed by atoms with Gasteiger partial charge in [-0.05, 0) is 23.8 Å². The molecule has 1 aliphatic rings. The van der Waals surface area contributed by atoms with Crippen molar-refractivity contribution in [3.05, 3.63) is 66.0 Å². The van der Waals surface area contributed by atoms with Crippen molar-refractivity contribution in [1.29, 1.82) is 5.26 Å². The topological polar surface area (TPSA) is 45.9 Å². The Kier molecular flexibility index (Phi) is 2.99. The van der Waals surface area contributed by atoms with Crippen molar-refractivity contribution >= 4 is 5.57 Å². The van der Waals surface area contributed by atoms with Crippen LogP contribution in [-0.2, 0) is 6.42 Å². The van der Waals surface area contributed by atoms with Crippen molar-refractivity contribution < 1.29 is 4.74 Å². The second-order valence-corrected chi connectivity index (χ2v) is 4.36. The first kappa shape index (κ1) is 11.5. The Morgan fingerprint density at radius 1 is 1.26 bits per heavy atom. The Bertz CT molecular complexity index is 631. The summed E-state index contributed by atoms with van der Waals surface area (Å²) in [6, 6.07) is 15.7. The molecule has 2 heterocycles. The van der Waals surface area contributed by atoms with Gasteiger partial charge in [0, 0.05) is 24.3 Å². The van der Waals surface area contributed by atoms with E-state index in [1.54, 1.807) is 6.20 Å². The number of rotatable bonds is 2. The van der Waals surface area contributed by atoms with Gasteiger partial charge in [-0.3, -0.25) is 4.98 Å². The van der Waals surface area contributed by atoms with Crippen molar-refractivity contribution in [2.45, 2.75) is 12.5 Å². The van der Waals surface area contributed by atoms with E-state index in [2.05, 4.69) is 17.1 Å². The lowest BCUT2D eigenvalue weighted by molar-refractivity contribution is 0.292. The van der Waals surface area contributed by atoms with Crippen molar-refractivity contribution in [3.8, 4) is 11.8 Å². The number of benzene rings is 1. The van der Waals surface area contributed by atoms with Crippen LogP contribution < -0.4 is 4.74 Å². The zero-order valence-electron chi connectivity index (χ0n) is 10.3. The number of allylic oxidation sites excluding steroid dienone is 1. The van der Waals surface area contributed by atoms with Gasteiger partial charge >= 0.3 is 0 Å². The van der Waals surface area contributed by atoms with Crippen LogP contribution in [0, 0.1) is 11.3 Å². The Morgan fingerprint density at radius 2 is 2.11 bits per heavy atom. The molecule has 1 unspecified atom stereocenters. The molecule has 1 aromatic carbocycles. The number of hydrogen-bond acceptors (Lipinski definition) is 3. The van der Waals surface area contributed by atoms with Crippen molar-refractivity contribution in [2.24, 2.45) is 0 Å². The third-order valence-electron chi connectivity index (χ3n) is 3.17. The van der Waals surface area contributed by atoms with Crippen LogP contribution >= 0.6 is 0 Å². The summed E-state index contributed by atoms with van der Waals surface area (Å²) in [5.74, 6) is 0.896. The molecule has 0 saturated carbocycles. The van der Waals surface area contributed by atoms with E-state index in [4.69, 9.17) is 10.00 Å². The normalized spacial score (nSPS) is 17.4. The second-order valence-electron chi connectivity index (χ2n) is 4.36. The summed E-state index contributed by atoms with van der Waals surface area (Å²) in [7, 11) is 0. The minimum absolute atomic E-state index is 0.132. The maximum atomic E-state index is 8.97. The van der Waals surface area contributed by atoms with E-state index in [1.807, 2.05) is 36.4 Å². The molecule has 0 aliphatic carbocycles. The lowest BCUT2D eigenvalue weighted by atomic mass is 10.0. The Hall–Kier alpha value is -2.60. The molecule has 0 spiro atoms. The number of hydrogen-bond donors (Lipinski definition) is 0. The number of fused-ring (bicyclic) bond motifs is 1. The molecule has 2 aromatic rings. The highest BCUT2D eigenvalue weighted by atomic mass is 16.5. The molecule has 1 aliphatic heterocycles. The summed E-state index contributed by atoms with van der Waals surface area (Å²) in [6.07, 6.45) is 3.90. The fourth-order valence-electron chi connectivity index (χ4n) is 2.29. The van der Waals surface area contributed by atoms with Crippen LogP contribution in [0.4, 0.5) is 0 Å². The van der Waals surface area contributed by atoms with Gasteiger partial charge in [-0.2, -0.15) is 5.26 Å². The fourth-order valence-corrected chi connectivity index (χ4v) is 2.29. The lowest BCUT2D eigenvalue weighted by Gasteiger charge is -2.13. The first-order valence-electron chi connectivity index (χ1n) is 6.14. The predicted molar refractivity (Wildman–Crippen MR) is 72.4 cm³/mol. The van der Waals surface area contributed by atoms with Crippen LogP contribution in [0.15, 0.2) is 54.7 Å².